The molecule has 46 heavy (non-hydrogen) atoms. The highest BCUT2D eigenvalue weighted by Gasteiger charge is 2.10. The molecule has 0 aliphatic heterocycles. The van der Waals surface area contributed by atoms with Crippen molar-refractivity contribution < 1.29 is 9.53 Å². The summed E-state index contributed by atoms with van der Waals surface area (Å²) in [6.07, 6.45) is 23.5. The van der Waals surface area contributed by atoms with E-state index in [-0.39, 0.29) is 5.97 Å². The number of unbranched alkanes of at least 4 members (excludes halogenated alkanes) is 12. The fraction of sp³-hybridized carbons (Fsp3) is 0.439. The van der Waals surface area contributed by atoms with Gasteiger partial charge in [0.1, 0.15) is 5.75 Å². The van der Waals surface area contributed by atoms with Gasteiger partial charge in [-0.2, -0.15) is 0 Å². The molecule has 0 amide bonds. The molecule has 1 heterocycles. The summed E-state index contributed by atoms with van der Waals surface area (Å²) in [5.74, 6) is 1.97. The average Bonchev–Trinajstić information content (AvgIpc) is 3.10. The van der Waals surface area contributed by atoms with Gasteiger partial charge in [0.25, 0.3) is 0 Å². The van der Waals surface area contributed by atoms with Crippen LogP contribution in [0.1, 0.15) is 120 Å². The van der Waals surface area contributed by atoms with E-state index in [1.54, 1.807) is 12.1 Å². The number of aromatic nitrogens is 2. The van der Waals surface area contributed by atoms with Crippen LogP contribution < -0.4 is 4.74 Å². The Hall–Kier alpha value is -3.44. The van der Waals surface area contributed by atoms with Gasteiger partial charge in [-0.1, -0.05) is 115 Å². The molecule has 4 nitrogen and oxygen atoms in total. The number of carbonyl (C=O) groups is 1. The fourth-order valence-corrected chi connectivity index (χ4v) is 6.46. The van der Waals surface area contributed by atoms with Crippen molar-refractivity contribution >= 4 is 17.7 Å². The number of aryl methyl sites for hydroxylation is 1. The van der Waals surface area contributed by atoms with Crippen LogP contribution in [0.15, 0.2) is 90.1 Å². The van der Waals surface area contributed by atoms with Gasteiger partial charge in [0.2, 0.25) is 0 Å². The van der Waals surface area contributed by atoms with Crippen molar-refractivity contribution in [2.75, 3.05) is 5.75 Å². The monoisotopic (exact) mass is 636 g/mol. The van der Waals surface area contributed by atoms with Gasteiger partial charge in [0.15, 0.2) is 5.82 Å². The molecule has 4 rings (SSSR count). The van der Waals surface area contributed by atoms with E-state index in [1.807, 2.05) is 60.6 Å². The molecule has 0 aliphatic rings. The number of hydrogen-bond donors (Lipinski definition) is 0. The third-order valence-corrected chi connectivity index (χ3v) is 9.52. The quantitative estimate of drug-likeness (QED) is 0.0394. The lowest BCUT2D eigenvalue weighted by Crippen LogP contribution is -2.08. The number of rotatable bonds is 21. The summed E-state index contributed by atoms with van der Waals surface area (Å²) in [7, 11) is 0. The highest BCUT2D eigenvalue weighted by atomic mass is 32.2. The van der Waals surface area contributed by atoms with Crippen LogP contribution in [0.5, 0.6) is 5.75 Å². The minimum Gasteiger partial charge on any atom is -0.423 e. The lowest BCUT2D eigenvalue weighted by Gasteiger charge is -2.08. The van der Waals surface area contributed by atoms with E-state index in [4.69, 9.17) is 4.74 Å². The van der Waals surface area contributed by atoms with Crippen molar-refractivity contribution in [2.45, 2.75) is 115 Å². The molecule has 0 saturated heterocycles. The summed E-state index contributed by atoms with van der Waals surface area (Å²) in [6.45, 7) is 4.50. The first-order chi connectivity index (χ1) is 22.7. The maximum atomic E-state index is 12.8. The summed E-state index contributed by atoms with van der Waals surface area (Å²) < 4.78 is 5.65. The minimum atomic E-state index is -0.373. The standard InChI is InChI=1S/C41H52N2O2S/c1-3-5-7-9-10-11-12-13-14-16-30-46-39-28-24-35(25-29-39)34-18-20-37(21-19-34)41(44)45-38-26-22-36(23-27-38)40-42-31-33(32-43-40)17-15-8-6-4-2/h18-29,31-32H,3-17,30H2,1-2H3. The zero-order valence-corrected chi connectivity index (χ0v) is 28.8. The summed E-state index contributed by atoms with van der Waals surface area (Å²) in [4.78, 5) is 23.2. The molecule has 1 aromatic heterocycles. The first-order valence-electron chi connectivity index (χ1n) is 17.6. The van der Waals surface area contributed by atoms with E-state index in [9.17, 15) is 4.79 Å². The predicted molar refractivity (Wildman–Crippen MR) is 195 cm³/mol. The molecule has 0 spiro atoms. The van der Waals surface area contributed by atoms with Crippen LogP contribution in [0.25, 0.3) is 22.5 Å². The maximum Gasteiger partial charge on any atom is 0.343 e. The number of thioether (sulfide) groups is 1. The second-order valence-corrected chi connectivity index (χ2v) is 13.4. The fourth-order valence-electron chi connectivity index (χ4n) is 5.55. The Morgan fingerprint density at radius 2 is 1.09 bits per heavy atom. The van der Waals surface area contributed by atoms with E-state index in [2.05, 4.69) is 48.1 Å². The van der Waals surface area contributed by atoms with Crippen molar-refractivity contribution in [3.8, 4) is 28.3 Å². The van der Waals surface area contributed by atoms with E-state index in [0.29, 0.717) is 17.1 Å². The van der Waals surface area contributed by atoms with Crippen LogP contribution in [0.2, 0.25) is 0 Å². The predicted octanol–water partition coefficient (Wildman–Crippen LogP) is 12.2. The van der Waals surface area contributed by atoms with Gasteiger partial charge in [-0.25, -0.2) is 14.8 Å². The van der Waals surface area contributed by atoms with Crippen molar-refractivity contribution in [3.63, 3.8) is 0 Å². The molecule has 0 N–H and O–H groups in total. The SMILES string of the molecule is CCCCCCCCCCCCSc1ccc(-c2ccc(C(=O)Oc3ccc(-c4ncc(CCCCCC)cn4)cc3)cc2)cc1. The number of carbonyl (C=O) groups excluding carboxylic acids is 1. The van der Waals surface area contributed by atoms with Crippen LogP contribution >= 0.6 is 11.8 Å². The molecule has 0 fully saturated rings. The molecule has 0 aliphatic carbocycles. The van der Waals surface area contributed by atoms with Crippen molar-refractivity contribution in [2.24, 2.45) is 0 Å². The Morgan fingerprint density at radius 1 is 0.587 bits per heavy atom. The van der Waals surface area contributed by atoms with Gasteiger partial charge in [0, 0.05) is 22.9 Å². The highest BCUT2D eigenvalue weighted by molar-refractivity contribution is 7.99. The van der Waals surface area contributed by atoms with E-state index in [0.717, 1.165) is 23.1 Å². The normalized spacial score (nSPS) is 11.1. The van der Waals surface area contributed by atoms with Crippen LogP contribution in [0.3, 0.4) is 0 Å². The molecule has 0 radical (unpaired) electrons. The van der Waals surface area contributed by atoms with E-state index < -0.39 is 0 Å². The van der Waals surface area contributed by atoms with E-state index >= 15 is 0 Å². The summed E-state index contributed by atoms with van der Waals surface area (Å²) in [6, 6.07) is 23.7. The third-order valence-electron chi connectivity index (χ3n) is 8.42. The number of hydrogen-bond acceptors (Lipinski definition) is 5. The number of nitrogens with zero attached hydrogens (tertiary/aromatic N) is 2. The van der Waals surface area contributed by atoms with Crippen LogP contribution in [-0.4, -0.2) is 21.7 Å². The molecule has 0 saturated carbocycles. The second kappa shape index (κ2) is 20.6. The largest absolute Gasteiger partial charge is 0.423 e. The molecule has 4 aromatic rings. The molecule has 0 unspecified atom stereocenters. The highest BCUT2D eigenvalue weighted by Crippen LogP contribution is 2.26. The molecule has 0 atom stereocenters. The summed E-state index contributed by atoms with van der Waals surface area (Å²) >= 11 is 1.94. The van der Waals surface area contributed by atoms with Gasteiger partial charge >= 0.3 is 5.97 Å². The number of ether oxygens (including phenoxy) is 1. The van der Waals surface area contributed by atoms with Gasteiger partial charge < -0.3 is 4.74 Å². The van der Waals surface area contributed by atoms with Crippen LogP contribution in [0.4, 0.5) is 0 Å². The zero-order valence-electron chi connectivity index (χ0n) is 28.0. The van der Waals surface area contributed by atoms with Crippen molar-refractivity contribution in [1.29, 1.82) is 0 Å². The van der Waals surface area contributed by atoms with Gasteiger partial charge in [-0.3, -0.25) is 0 Å². The van der Waals surface area contributed by atoms with Crippen molar-refractivity contribution in [1.82, 2.24) is 9.97 Å². The lowest BCUT2D eigenvalue weighted by atomic mass is 10.0. The van der Waals surface area contributed by atoms with Gasteiger partial charge in [0.05, 0.1) is 5.56 Å². The molecule has 244 valence electrons. The molecule has 5 heteroatoms. The Morgan fingerprint density at radius 3 is 1.67 bits per heavy atom. The average molecular weight is 637 g/mol. The molecule has 0 bridgehead atoms. The second-order valence-electron chi connectivity index (χ2n) is 12.3. The Bertz CT molecular complexity index is 1400. The summed E-state index contributed by atoms with van der Waals surface area (Å²) in [5, 5.41) is 0. The lowest BCUT2D eigenvalue weighted by molar-refractivity contribution is 0.0735. The Labute approximate surface area is 281 Å². The Kier molecular flexibility index (Phi) is 15.9. The Balaban J connectivity index is 1.17. The maximum absolute atomic E-state index is 12.8. The summed E-state index contributed by atoms with van der Waals surface area (Å²) in [5.41, 5.74) is 4.81. The number of benzene rings is 3. The molecular weight excluding hydrogens is 585 g/mol. The van der Waals surface area contributed by atoms with Gasteiger partial charge in [-0.15, -0.1) is 11.8 Å². The van der Waals surface area contributed by atoms with Gasteiger partial charge in [-0.05, 0) is 90.2 Å². The first kappa shape index (κ1) is 35.4. The smallest absolute Gasteiger partial charge is 0.343 e. The number of esters is 1. The molecular formula is C41H52N2O2S. The van der Waals surface area contributed by atoms with Crippen LogP contribution in [-0.2, 0) is 6.42 Å². The molecule has 3 aromatic carbocycles. The van der Waals surface area contributed by atoms with Crippen LogP contribution in [0, 0.1) is 0 Å². The first-order valence-corrected chi connectivity index (χ1v) is 18.6. The third kappa shape index (κ3) is 12.4. The zero-order chi connectivity index (χ0) is 32.2. The minimum absolute atomic E-state index is 0.373. The van der Waals surface area contributed by atoms with Crippen molar-refractivity contribution in [3.05, 3.63) is 96.3 Å². The van der Waals surface area contributed by atoms with E-state index in [1.165, 1.54) is 106 Å². The topological polar surface area (TPSA) is 52.1 Å².